The largest absolute Gasteiger partial charge is 0.507 e. The van der Waals surface area contributed by atoms with E-state index in [0.29, 0.717) is 10.9 Å². The molecule has 3 rings (SSSR count). The van der Waals surface area contributed by atoms with Crippen molar-refractivity contribution in [1.82, 2.24) is 5.43 Å². The van der Waals surface area contributed by atoms with Gasteiger partial charge in [0.05, 0.1) is 11.8 Å². The predicted octanol–water partition coefficient (Wildman–Crippen LogP) is 3.45. The van der Waals surface area contributed by atoms with Crippen LogP contribution in [-0.4, -0.2) is 17.2 Å². The molecule has 1 amide bonds. The van der Waals surface area contributed by atoms with Crippen molar-refractivity contribution in [1.29, 1.82) is 0 Å². The van der Waals surface area contributed by atoms with E-state index in [1.165, 1.54) is 24.4 Å². The summed E-state index contributed by atoms with van der Waals surface area (Å²) in [6.45, 7) is 0. The van der Waals surface area contributed by atoms with Gasteiger partial charge in [0.15, 0.2) is 0 Å². The third kappa shape index (κ3) is 3.03. The Morgan fingerprint density at radius 2 is 1.78 bits per heavy atom. The number of phenolic OH excluding ortho intramolecular Hbond substituents is 1. The van der Waals surface area contributed by atoms with Crippen molar-refractivity contribution in [2.45, 2.75) is 0 Å². The normalized spacial score (nSPS) is 11.0. The number of benzene rings is 3. The molecule has 0 aliphatic heterocycles. The fourth-order valence-corrected chi connectivity index (χ4v) is 2.24. The first kappa shape index (κ1) is 14.7. The average molecular weight is 308 g/mol. The number of carbonyl (C=O) groups is 1. The molecule has 0 atom stereocenters. The lowest BCUT2D eigenvalue weighted by Crippen LogP contribution is -2.18. The summed E-state index contributed by atoms with van der Waals surface area (Å²) in [5.74, 6) is -1.19. The van der Waals surface area contributed by atoms with Crippen LogP contribution in [0.5, 0.6) is 5.75 Å². The second-order valence-electron chi connectivity index (χ2n) is 4.90. The van der Waals surface area contributed by atoms with Crippen LogP contribution in [-0.2, 0) is 0 Å². The zero-order chi connectivity index (χ0) is 16.2. The van der Waals surface area contributed by atoms with Crippen molar-refractivity contribution in [3.8, 4) is 5.75 Å². The van der Waals surface area contributed by atoms with Crippen molar-refractivity contribution >= 4 is 22.9 Å². The van der Waals surface area contributed by atoms with Gasteiger partial charge in [-0.1, -0.05) is 42.5 Å². The SMILES string of the molecule is O=C(N/N=C/c1ccc2ccccc2c1O)c1ccccc1F. The minimum Gasteiger partial charge on any atom is -0.507 e. The lowest BCUT2D eigenvalue weighted by Gasteiger charge is -2.04. The fraction of sp³-hybridized carbons (Fsp3) is 0. The number of fused-ring (bicyclic) bond motifs is 1. The number of carbonyl (C=O) groups excluding carboxylic acids is 1. The van der Waals surface area contributed by atoms with E-state index < -0.39 is 11.7 Å². The Labute approximate surface area is 131 Å². The van der Waals surface area contributed by atoms with E-state index in [9.17, 15) is 14.3 Å². The molecule has 0 saturated carbocycles. The van der Waals surface area contributed by atoms with E-state index >= 15 is 0 Å². The first-order valence-corrected chi connectivity index (χ1v) is 6.95. The number of nitrogens with one attached hydrogen (secondary N) is 1. The molecule has 0 unspecified atom stereocenters. The van der Waals surface area contributed by atoms with Crippen LogP contribution >= 0.6 is 0 Å². The summed E-state index contributed by atoms with van der Waals surface area (Å²) in [7, 11) is 0. The number of phenols is 1. The highest BCUT2D eigenvalue weighted by molar-refractivity contribution is 5.98. The van der Waals surface area contributed by atoms with Crippen LogP contribution in [0, 0.1) is 5.82 Å². The number of hydrogen-bond acceptors (Lipinski definition) is 3. The molecule has 3 aromatic carbocycles. The lowest BCUT2D eigenvalue weighted by atomic mass is 10.1. The Kier molecular flexibility index (Phi) is 4.01. The summed E-state index contributed by atoms with van der Waals surface area (Å²) >= 11 is 0. The third-order valence-corrected chi connectivity index (χ3v) is 3.42. The van der Waals surface area contributed by atoms with E-state index in [2.05, 4.69) is 10.5 Å². The molecule has 0 bridgehead atoms. The maximum atomic E-state index is 13.5. The summed E-state index contributed by atoms with van der Waals surface area (Å²) in [5, 5.41) is 15.6. The third-order valence-electron chi connectivity index (χ3n) is 3.42. The average Bonchev–Trinajstić information content (AvgIpc) is 2.57. The van der Waals surface area contributed by atoms with Gasteiger partial charge in [-0.2, -0.15) is 5.10 Å². The minimum absolute atomic E-state index is 0.0759. The number of aromatic hydroxyl groups is 1. The van der Waals surface area contributed by atoms with Crippen molar-refractivity contribution in [2.75, 3.05) is 0 Å². The molecule has 0 aliphatic carbocycles. The van der Waals surface area contributed by atoms with Gasteiger partial charge in [-0.05, 0) is 23.6 Å². The van der Waals surface area contributed by atoms with E-state index in [1.807, 2.05) is 24.3 Å². The van der Waals surface area contributed by atoms with Crippen LogP contribution in [0.4, 0.5) is 4.39 Å². The van der Waals surface area contributed by atoms with E-state index in [0.717, 1.165) is 5.39 Å². The number of hydrazone groups is 1. The van der Waals surface area contributed by atoms with Gasteiger partial charge in [-0.3, -0.25) is 4.79 Å². The molecule has 5 heteroatoms. The van der Waals surface area contributed by atoms with Crippen LogP contribution in [0.25, 0.3) is 10.8 Å². The number of amides is 1. The van der Waals surface area contributed by atoms with Gasteiger partial charge in [0.1, 0.15) is 11.6 Å². The molecule has 0 spiro atoms. The first-order valence-electron chi connectivity index (χ1n) is 6.95. The number of nitrogens with zero attached hydrogens (tertiary/aromatic N) is 1. The molecular weight excluding hydrogens is 295 g/mol. The monoisotopic (exact) mass is 308 g/mol. The molecule has 2 N–H and O–H groups in total. The van der Waals surface area contributed by atoms with Crippen molar-refractivity contribution in [3.05, 3.63) is 77.6 Å². The van der Waals surface area contributed by atoms with Crippen molar-refractivity contribution in [3.63, 3.8) is 0 Å². The van der Waals surface area contributed by atoms with Crippen LogP contribution in [0.3, 0.4) is 0 Å². The standard InChI is InChI=1S/C18H13FN2O2/c19-16-8-4-3-7-15(16)18(23)21-20-11-13-10-9-12-5-1-2-6-14(12)17(13)22/h1-11,22H,(H,21,23)/b20-11+. The Morgan fingerprint density at radius 1 is 1.04 bits per heavy atom. The van der Waals surface area contributed by atoms with Gasteiger partial charge in [0, 0.05) is 10.9 Å². The van der Waals surface area contributed by atoms with Crippen molar-refractivity contribution in [2.24, 2.45) is 5.10 Å². The Balaban J connectivity index is 1.80. The highest BCUT2D eigenvalue weighted by Gasteiger charge is 2.09. The topological polar surface area (TPSA) is 61.7 Å². The molecule has 114 valence electrons. The minimum atomic E-state index is -0.653. The Morgan fingerprint density at radius 3 is 2.61 bits per heavy atom. The zero-order valence-corrected chi connectivity index (χ0v) is 12.0. The molecular formula is C18H13FN2O2. The summed E-state index contributed by atoms with van der Waals surface area (Å²) in [4.78, 5) is 11.8. The van der Waals surface area contributed by atoms with Crippen LogP contribution in [0.1, 0.15) is 15.9 Å². The van der Waals surface area contributed by atoms with Crippen LogP contribution in [0.2, 0.25) is 0 Å². The maximum absolute atomic E-state index is 13.5. The molecule has 0 fully saturated rings. The highest BCUT2D eigenvalue weighted by atomic mass is 19.1. The van der Waals surface area contributed by atoms with Gasteiger partial charge >= 0.3 is 0 Å². The Bertz CT molecular complexity index is 906. The van der Waals surface area contributed by atoms with E-state index in [4.69, 9.17) is 0 Å². The zero-order valence-electron chi connectivity index (χ0n) is 12.0. The quantitative estimate of drug-likeness (QED) is 0.575. The summed E-state index contributed by atoms with van der Waals surface area (Å²) in [5.41, 5.74) is 2.61. The van der Waals surface area contributed by atoms with Crippen LogP contribution in [0.15, 0.2) is 65.8 Å². The van der Waals surface area contributed by atoms with Gasteiger partial charge in [0.2, 0.25) is 0 Å². The highest BCUT2D eigenvalue weighted by Crippen LogP contribution is 2.27. The second kappa shape index (κ2) is 6.27. The molecule has 23 heavy (non-hydrogen) atoms. The Hall–Kier alpha value is -3.21. The number of hydrogen-bond donors (Lipinski definition) is 2. The van der Waals surface area contributed by atoms with Crippen LogP contribution < -0.4 is 5.43 Å². The second-order valence-corrected chi connectivity index (χ2v) is 4.90. The maximum Gasteiger partial charge on any atom is 0.274 e. The molecule has 3 aromatic rings. The molecule has 0 aliphatic rings. The molecule has 4 nitrogen and oxygen atoms in total. The number of rotatable bonds is 3. The van der Waals surface area contributed by atoms with Gasteiger partial charge in [0.25, 0.3) is 5.91 Å². The lowest BCUT2D eigenvalue weighted by molar-refractivity contribution is 0.0951. The van der Waals surface area contributed by atoms with E-state index in [-0.39, 0.29) is 11.3 Å². The molecule has 0 heterocycles. The summed E-state index contributed by atoms with van der Waals surface area (Å²) < 4.78 is 13.5. The van der Waals surface area contributed by atoms with Gasteiger partial charge < -0.3 is 5.11 Å². The van der Waals surface area contributed by atoms with Gasteiger partial charge in [-0.15, -0.1) is 0 Å². The first-order chi connectivity index (χ1) is 11.2. The smallest absolute Gasteiger partial charge is 0.274 e. The summed E-state index contributed by atoms with van der Waals surface area (Å²) in [6.07, 6.45) is 1.32. The fourth-order valence-electron chi connectivity index (χ4n) is 2.24. The number of halogens is 1. The molecule has 0 aromatic heterocycles. The van der Waals surface area contributed by atoms with Crippen molar-refractivity contribution < 1.29 is 14.3 Å². The molecule has 0 saturated heterocycles. The van der Waals surface area contributed by atoms with E-state index in [1.54, 1.807) is 18.2 Å². The van der Waals surface area contributed by atoms with Gasteiger partial charge in [-0.25, -0.2) is 9.82 Å². The summed E-state index contributed by atoms with van der Waals surface area (Å²) in [6, 6.07) is 16.6. The molecule has 0 radical (unpaired) electrons. The predicted molar refractivity (Wildman–Crippen MR) is 87.1 cm³/mol.